The number of hydrogen-bond acceptors (Lipinski definition) is 7. The fourth-order valence-electron chi connectivity index (χ4n) is 4.55. The number of para-hydroxylation sites is 1. The van der Waals surface area contributed by atoms with E-state index in [1.54, 1.807) is 23.7 Å². The van der Waals surface area contributed by atoms with Crippen LogP contribution in [-0.4, -0.2) is 47.0 Å². The third-order valence-corrected chi connectivity index (χ3v) is 7.17. The predicted octanol–water partition coefficient (Wildman–Crippen LogP) is 6.86. The van der Waals surface area contributed by atoms with Crippen molar-refractivity contribution in [3.63, 3.8) is 0 Å². The molecule has 41 heavy (non-hydrogen) atoms. The lowest BCUT2D eigenvalue weighted by Crippen LogP contribution is -2.44. The van der Waals surface area contributed by atoms with Gasteiger partial charge in [0.15, 0.2) is 0 Å². The molecule has 218 valence electrons. The molecule has 1 aliphatic heterocycles. The summed E-state index contributed by atoms with van der Waals surface area (Å²) in [5.74, 6) is -0.146. The highest BCUT2D eigenvalue weighted by Crippen LogP contribution is 2.36. The molecule has 5 aromatic rings. The number of aromatic nitrogens is 3. The van der Waals surface area contributed by atoms with Crippen LogP contribution in [0.2, 0.25) is 0 Å². The van der Waals surface area contributed by atoms with Crippen LogP contribution in [0.1, 0.15) is 15.9 Å². The number of hydrogen-bond donors (Lipinski definition) is 4. The molecule has 0 atom stereocenters. The molecule has 0 spiro atoms. The molecule has 6 rings (SSSR count). The average molecular weight is 647 g/mol. The number of rotatable bonds is 5. The Balaban J connectivity index is 0.00000154. The van der Waals surface area contributed by atoms with E-state index in [2.05, 4.69) is 35.8 Å². The highest BCUT2D eigenvalue weighted by molar-refractivity contribution is 7.16. The second-order valence-electron chi connectivity index (χ2n) is 8.87. The van der Waals surface area contributed by atoms with Crippen molar-refractivity contribution in [1.29, 1.82) is 0 Å². The molecule has 15 heteroatoms. The van der Waals surface area contributed by atoms with Gasteiger partial charge in [-0.15, -0.1) is 48.6 Å². The zero-order valence-electron chi connectivity index (χ0n) is 21.1. The monoisotopic (exact) mass is 645 g/mol. The predicted molar refractivity (Wildman–Crippen MR) is 165 cm³/mol. The van der Waals surface area contributed by atoms with Gasteiger partial charge in [-0.05, 0) is 42.5 Å². The number of amides is 1. The first-order valence-corrected chi connectivity index (χ1v) is 12.8. The summed E-state index contributed by atoms with van der Waals surface area (Å²) in [6.45, 7) is 2.94. The summed E-state index contributed by atoms with van der Waals surface area (Å²) < 4.78 is 41.4. The van der Waals surface area contributed by atoms with Crippen molar-refractivity contribution in [2.24, 2.45) is 0 Å². The maximum Gasteiger partial charge on any atom is 0.418 e. The molecule has 1 fully saturated rings. The minimum Gasteiger partial charge on any atom is -0.368 e. The summed E-state index contributed by atoms with van der Waals surface area (Å²) in [6, 6.07) is 14.3. The number of imidazole rings is 1. The van der Waals surface area contributed by atoms with E-state index in [9.17, 15) is 18.0 Å². The molecule has 0 bridgehead atoms. The van der Waals surface area contributed by atoms with Gasteiger partial charge in [-0.25, -0.2) is 9.97 Å². The minimum absolute atomic E-state index is 0. The van der Waals surface area contributed by atoms with Crippen molar-refractivity contribution >= 4 is 98.7 Å². The molecule has 0 aliphatic carbocycles. The normalized spacial score (nSPS) is 13.2. The van der Waals surface area contributed by atoms with E-state index >= 15 is 0 Å². The van der Waals surface area contributed by atoms with Gasteiger partial charge in [-0.3, -0.25) is 4.79 Å². The van der Waals surface area contributed by atoms with E-state index in [1.165, 1.54) is 29.5 Å². The van der Waals surface area contributed by atoms with Gasteiger partial charge in [-0.2, -0.15) is 13.2 Å². The number of aromatic amines is 1. The molecule has 0 saturated carbocycles. The van der Waals surface area contributed by atoms with Crippen molar-refractivity contribution in [3.05, 3.63) is 71.2 Å². The first kappa shape index (κ1) is 32.2. The van der Waals surface area contributed by atoms with Gasteiger partial charge in [0.05, 0.1) is 49.3 Å². The number of fused-ring (bicyclic) bond motifs is 2. The molecular weight excluding hydrogens is 622 g/mol. The van der Waals surface area contributed by atoms with Crippen LogP contribution < -0.4 is 20.9 Å². The van der Waals surface area contributed by atoms with E-state index < -0.39 is 11.7 Å². The Hall–Kier alpha value is -3.29. The maximum absolute atomic E-state index is 13.5. The summed E-state index contributed by atoms with van der Waals surface area (Å²) in [4.78, 5) is 27.4. The van der Waals surface area contributed by atoms with Crippen LogP contribution in [0.15, 0.2) is 60.1 Å². The number of nitrogens with zero attached hydrogens (tertiary/aromatic N) is 3. The molecule has 1 saturated heterocycles. The SMILES string of the molecule is Cl.Cl.Cl.O=C(Nc1ccc2ncsc2c1)c1cc2[nH]c(Nc3ccccc3C(F)(F)F)nc2cc1N1CCNCC1. The van der Waals surface area contributed by atoms with Crippen LogP contribution in [-0.2, 0) is 6.18 Å². The summed E-state index contributed by atoms with van der Waals surface area (Å²) in [6.07, 6.45) is -4.52. The Morgan fingerprint density at radius 2 is 1.73 bits per heavy atom. The van der Waals surface area contributed by atoms with Crippen molar-refractivity contribution < 1.29 is 18.0 Å². The van der Waals surface area contributed by atoms with Gasteiger partial charge in [0.25, 0.3) is 5.91 Å². The summed E-state index contributed by atoms with van der Waals surface area (Å²) in [5.41, 5.74) is 4.57. The van der Waals surface area contributed by atoms with Crippen molar-refractivity contribution in [2.45, 2.75) is 6.18 Å². The molecule has 3 heterocycles. The smallest absolute Gasteiger partial charge is 0.368 e. The molecule has 4 N–H and O–H groups in total. The lowest BCUT2D eigenvalue weighted by Gasteiger charge is -2.30. The van der Waals surface area contributed by atoms with Gasteiger partial charge in [0.2, 0.25) is 5.95 Å². The van der Waals surface area contributed by atoms with Gasteiger partial charge in [0, 0.05) is 31.9 Å². The summed E-state index contributed by atoms with van der Waals surface area (Å²) >= 11 is 1.49. The Kier molecular flexibility index (Phi) is 10.3. The zero-order valence-corrected chi connectivity index (χ0v) is 24.4. The van der Waals surface area contributed by atoms with Crippen LogP contribution in [0.5, 0.6) is 0 Å². The Morgan fingerprint density at radius 1 is 0.976 bits per heavy atom. The number of thiazole rings is 1. The number of benzene rings is 3. The van der Waals surface area contributed by atoms with Crippen LogP contribution in [0.4, 0.5) is 36.2 Å². The van der Waals surface area contributed by atoms with E-state index in [0.717, 1.165) is 29.4 Å². The second-order valence-corrected chi connectivity index (χ2v) is 9.75. The topological polar surface area (TPSA) is 98.0 Å². The Labute approximate surface area is 255 Å². The number of carbonyl (C=O) groups excluding carboxylic acids is 1. The van der Waals surface area contributed by atoms with Crippen LogP contribution >= 0.6 is 48.6 Å². The average Bonchev–Trinajstić information content (AvgIpc) is 3.53. The first-order chi connectivity index (χ1) is 18.3. The highest BCUT2D eigenvalue weighted by Gasteiger charge is 2.33. The molecule has 1 amide bonds. The van der Waals surface area contributed by atoms with Crippen LogP contribution in [0.25, 0.3) is 21.3 Å². The highest BCUT2D eigenvalue weighted by atomic mass is 35.5. The molecule has 8 nitrogen and oxygen atoms in total. The van der Waals surface area contributed by atoms with Crippen molar-refractivity contribution in [3.8, 4) is 0 Å². The molecule has 0 radical (unpaired) electrons. The van der Waals surface area contributed by atoms with Crippen LogP contribution in [0, 0.1) is 0 Å². The number of alkyl halides is 3. The number of anilines is 4. The quantitative estimate of drug-likeness (QED) is 0.167. The largest absolute Gasteiger partial charge is 0.418 e. The van der Waals surface area contributed by atoms with Gasteiger partial charge in [-0.1, -0.05) is 12.1 Å². The number of piperazine rings is 1. The van der Waals surface area contributed by atoms with Crippen LogP contribution in [0.3, 0.4) is 0 Å². The summed E-state index contributed by atoms with van der Waals surface area (Å²) in [5, 5.41) is 9.04. The van der Waals surface area contributed by atoms with Gasteiger partial charge in [0.1, 0.15) is 0 Å². The van der Waals surface area contributed by atoms with Crippen molar-refractivity contribution in [1.82, 2.24) is 20.3 Å². The minimum atomic E-state index is -4.52. The molecule has 2 aromatic heterocycles. The maximum atomic E-state index is 13.5. The van der Waals surface area contributed by atoms with Gasteiger partial charge < -0.3 is 25.8 Å². The van der Waals surface area contributed by atoms with Crippen molar-refractivity contribution in [2.75, 3.05) is 41.7 Å². The first-order valence-electron chi connectivity index (χ1n) is 11.9. The fraction of sp³-hybridized carbons (Fsp3) is 0.192. The number of carbonyl (C=O) groups is 1. The third-order valence-electron chi connectivity index (χ3n) is 6.38. The molecule has 1 aliphatic rings. The van der Waals surface area contributed by atoms with Gasteiger partial charge >= 0.3 is 6.18 Å². The lowest BCUT2D eigenvalue weighted by atomic mass is 10.1. The second kappa shape index (κ2) is 13.1. The lowest BCUT2D eigenvalue weighted by molar-refractivity contribution is -0.136. The number of H-pyrrole nitrogens is 1. The Bertz CT molecular complexity index is 1650. The van der Waals surface area contributed by atoms with E-state index in [1.807, 2.05) is 12.1 Å². The van der Waals surface area contributed by atoms with E-state index in [0.29, 0.717) is 41.1 Å². The molecule has 0 unspecified atom stereocenters. The van der Waals surface area contributed by atoms with E-state index in [-0.39, 0.29) is 54.8 Å². The third kappa shape index (κ3) is 6.79. The molecular formula is C26H25Cl3F3N7OS. The Morgan fingerprint density at radius 3 is 2.49 bits per heavy atom. The number of nitrogens with one attached hydrogen (secondary N) is 4. The fourth-order valence-corrected chi connectivity index (χ4v) is 5.27. The molecule has 3 aromatic carbocycles. The summed E-state index contributed by atoms with van der Waals surface area (Å²) in [7, 11) is 0. The standard InChI is InChI=1S/C26H22F3N7OS.3ClH/c27-26(28,29)17-3-1-2-4-18(17)33-25-34-20-12-16(22(13-21(20)35-25)36-9-7-30-8-10-36)24(37)32-15-5-6-19-23(11-15)38-14-31-19;;;/h1-6,11-14,30H,7-10H2,(H,32,37)(H2,33,34,35);3*1H. The van der Waals surface area contributed by atoms with E-state index in [4.69, 9.17) is 0 Å². The number of halogens is 6. The zero-order chi connectivity index (χ0) is 26.3.